The Morgan fingerprint density at radius 1 is 1.12 bits per heavy atom. The second-order valence-electron chi connectivity index (χ2n) is 3.44. The number of benzene rings is 1. The fourth-order valence-electron chi connectivity index (χ4n) is 1.68. The van der Waals surface area contributed by atoms with Crippen molar-refractivity contribution in [2.45, 2.75) is 0 Å². The molecule has 0 spiro atoms. The molecule has 0 aliphatic heterocycles. The van der Waals surface area contributed by atoms with Crippen LogP contribution in [-0.2, 0) is 0 Å². The summed E-state index contributed by atoms with van der Waals surface area (Å²) in [6.07, 6.45) is 3.45. The molecule has 78 valence electrons. The van der Waals surface area contributed by atoms with Gasteiger partial charge in [0.2, 0.25) is 0 Å². The summed E-state index contributed by atoms with van der Waals surface area (Å²) in [5.41, 5.74) is 7.40. The molecule has 3 rings (SSSR count). The number of fused-ring (bicyclic) bond motifs is 1. The Kier molecular flexibility index (Phi) is 1.83. The molecule has 2 N–H and O–H groups in total. The van der Waals surface area contributed by atoms with Crippen molar-refractivity contribution in [1.29, 1.82) is 0 Å². The molecule has 0 fully saturated rings. The van der Waals surface area contributed by atoms with Crippen molar-refractivity contribution in [3.05, 3.63) is 42.7 Å². The first-order chi connectivity index (χ1) is 7.84. The van der Waals surface area contributed by atoms with Crippen molar-refractivity contribution in [2.24, 2.45) is 0 Å². The first-order valence-electron chi connectivity index (χ1n) is 4.86. The topological polar surface area (TPSA) is 69.6 Å². The Balaban J connectivity index is 2.31. The number of aromatic nitrogens is 4. The number of rotatable bonds is 1. The molecule has 0 saturated heterocycles. The Labute approximate surface area is 91.5 Å². The molecule has 2 aromatic heterocycles. The van der Waals surface area contributed by atoms with Gasteiger partial charge in [0, 0.05) is 11.6 Å². The molecule has 0 saturated carbocycles. The van der Waals surface area contributed by atoms with Crippen LogP contribution in [0.15, 0.2) is 42.7 Å². The van der Waals surface area contributed by atoms with Crippen LogP contribution >= 0.6 is 0 Å². The van der Waals surface area contributed by atoms with Crippen LogP contribution in [0, 0.1) is 0 Å². The summed E-state index contributed by atoms with van der Waals surface area (Å²) in [4.78, 5) is 4.28. The van der Waals surface area contributed by atoms with Gasteiger partial charge >= 0.3 is 0 Å². The van der Waals surface area contributed by atoms with Gasteiger partial charge in [-0.3, -0.25) is 4.98 Å². The van der Waals surface area contributed by atoms with E-state index in [-0.39, 0.29) is 0 Å². The van der Waals surface area contributed by atoms with Gasteiger partial charge < -0.3 is 5.73 Å². The molecular weight excluding hydrogens is 202 g/mol. The van der Waals surface area contributed by atoms with Gasteiger partial charge in [0.05, 0.1) is 17.4 Å². The molecule has 0 aliphatic carbocycles. The lowest BCUT2D eigenvalue weighted by Gasteiger charge is -2.04. The van der Waals surface area contributed by atoms with Gasteiger partial charge in [0.1, 0.15) is 0 Å². The molecule has 16 heavy (non-hydrogen) atoms. The minimum absolute atomic E-state index is 0.404. The van der Waals surface area contributed by atoms with Crippen LogP contribution in [0.4, 0.5) is 5.82 Å². The van der Waals surface area contributed by atoms with Gasteiger partial charge in [0.15, 0.2) is 5.82 Å². The molecule has 0 amide bonds. The summed E-state index contributed by atoms with van der Waals surface area (Å²) in [5, 5.41) is 8.74. The number of hydrogen-bond acceptors (Lipinski definition) is 4. The summed E-state index contributed by atoms with van der Waals surface area (Å²) in [6.45, 7) is 0. The molecule has 0 radical (unpaired) electrons. The van der Waals surface area contributed by atoms with E-state index in [0.29, 0.717) is 5.82 Å². The summed E-state index contributed by atoms with van der Waals surface area (Å²) < 4.78 is 1.65. The van der Waals surface area contributed by atoms with E-state index in [0.717, 1.165) is 16.6 Å². The van der Waals surface area contributed by atoms with Gasteiger partial charge in [-0.1, -0.05) is 11.3 Å². The van der Waals surface area contributed by atoms with Gasteiger partial charge in [-0.2, -0.15) is 0 Å². The Hall–Kier alpha value is -2.43. The molecule has 5 nitrogen and oxygen atoms in total. The molecule has 0 aliphatic rings. The molecule has 5 heteroatoms. The predicted octanol–water partition coefficient (Wildman–Crippen LogP) is 1.40. The smallest absolute Gasteiger partial charge is 0.166 e. The summed E-state index contributed by atoms with van der Waals surface area (Å²) in [6, 6.07) is 9.74. The minimum atomic E-state index is 0.404. The number of hydrogen-bond donors (Lipinski definition) is 1. The minimum Gasteiger partial charge on any atom is -0.381 e. The van der Waals surface area contributed by atoms with Crippen LogP contribution in [0.2, 0.25) is 0 Å². The maximum absolute atomic E-state index is 5.55. The maximum Gasteiger partial charge on any atom is 0.166 e. The second-order valence-corrected chi connectivity index (χ2v) is 3.44. The molecule has 0 atom stereocenters. The van der Waals surface area contributed by atoms with Gasteiger partial charge in [-0.05, 0) is 24.3 Å². The molecule has 3 aromatic rings. The van der Waals surface area contributed by atoms with Crippen molar-refractivity contribution < 1.29 is 0 Å². The van der Waals surface area contributed by atoms with E-state index >= 15 is 0 Å². The van der Waals surface area contributed by atoms with Crippen molar-refractivity contribution in [2.75, 3.05) is 5.73 Å². The lowest BCUT2D eigenvalue weighted by molar-refractivity contribution is 0.809. The van der Waals surface area contributed by atoms with Crippen LogP contribution in [-0.4, -0.2) is 20.0 Å². The predicted molar refractivity (Wildman–Crippen MR) is 61.1 cm³/mol. The Morgan fingerprint density at radius 3 is 2.88 bits per heavy atom. The third-order valence-corrected chi connectivity index (χ3v) is 2.38. The Bertz CT molecular complexity index is 638. The average Bonchev–Trinajstić information content (AvgIpc) is 2.75. The van der Waals surface area contributed by atoms with Gasteiger partial charge in [-0.15, -0.1) is 5.10 Å². The van der Waals surface area contributed by atoms with Crippen molar-refractivity contribution in [3.63, 3.8) is 0 Å². The summed E-state index contributed by atoms with van der Waals surface area (Å²) >= 11 is 0. The molecule has 0 bridgehead atoms. The van der Waals surface area contributed by atoms with E-state index in [9.17, 15) is 0 Å². The van der Waals surface area contributed by atoms with E-state index in [4.69, 9.17) is 5.73 Å². The largest absolute Gasteiger partial charge is 0.381 e. The van der Waals surface area contributed by atoms with Gasteiger partial charge in [-0.25, -0.2) is 4.68 Å². The first-order valence-corrected chi connectivity index (χ1v) is 4.86. The third kappa shape index (κ3) is 1.30. The highest BCUT2D eigenvalue weighted by Gasteiger charge is 2.04. The van der Waals surface area contributed by atoms with Crippen molar-refractivity contribution >= 4 is 16.7 Å². The zero-order chi connectivity index (χ0) is 11.0. The zero-order valence-electron chi connectivity index (χ0n) is 8.41. The average molecular weight is 211 g/mol. The SMILES string of the molecule is Nc1cn(-c2cccc3ncccc23)nn1. The van der Waals surface area contributed by atoms with Crippen LogP contribution < -0.4 is 5.73 Å². The normalized spacial score (nSPS) is 10.8. The number of nitrogens with zero attached hydrogens (tertiary/aromatic N) is 4. The summed E-state index contributed by atoms with van der Waals surface area (Å²) in [7, 11) is 0. The van der Waals surface area contributed by atoms with Crippen LogP contribution in [0.1, 0.15) is 0 Å². The van der Waals surface area contributed by atoms with E-state index in [1.807, 2.05) is 30.3 Å². The number of pyridine rings is 1. The lowest BCUT2D eigenvalue weighted by Crippen LogP contribution is -1.96. The highest BCUT2D eigenvalue weighted by molar-refractivity contribution is 5.86. The molecule has 2 heterocycles. The monoisotopic (exact) mass is 211 g/mol. The first kappa shape index (κ1) is 8.84. The van der Waals surface area contributed by atoms with E-state index in [1.165, 1.54) is 0 Å². The zero-order valence-corrected chi connectivity index (χ0v) is 8.41. The van der Waals surface area contributed by atoms with Crippen molar-refractivity contribution in [1.82, 2.24) is 20.0 Å². The molecule has 1 aromatic carbocycles. The fraction of sp³-hybridized carbons (Fsp3) is 0. The maximum atomic E-state index is 5.55. The fourth-order valence-corrected chi connectivity index (χ4v) is 1.68. The van der Waals surface area contributed by atoms with E-state index < -0.39 is 0 Å². The number of nitrogen functional groups attached to an aromatic ring is 1. The number of anilines is 1. The second kappa shape index (κ2) is 3.30. The highest BCUT2D eigenvalue weighted by Crippen LogP contribution is 2.19. The number of nitrogens with two attached hydrogens (primary N) is 1. The standard InChI is InChI=1S/C11H9N5/c12-11-7-16(15-14-11)10-5-1-4-9-8(10)3-2-6-13-9/h1-7H,12H2. The van der Waals surface area contributed by atoms with Crippen molar-refractivity contribution in [3.8, 4) is 5.69 Å². The van der Waals surface area contributed by atoms with E-state index in [1.54, 1.807) is 17.1 Å². The van der Waals surface area contributed by atoms with Gasteiger partial charge in [0.25, 0.3) is 0 Å². The van der Waals surface area contributed by atoms with Crippen LogP contribution in [0.5, 0.6) is 0 Å². The Morgan fingerprint density at radius 2 is 2.06 bits per heavy atom. The third-order valence-electron chi connectivity index (χ3n) is 2.38. The van der Waals surface area contributed by atoms with Crippen LogP contribution in [0.3, 0.4) is 0 Å². The quantitative estimate of drug-likeness (QED) is 0.660. The molecular formula is C11H9N5. The summed E-state index contributed by atoms with van der Waals surface area (Å²) in [5.74, 6) is 0.404. The molecule has 0 unspecified atom stereocenters. The highest BCUT2D eigenvalue weighted by atomic mass is 15.4. The lowest BCUT2D eigenvalue weighted by atomic mass is 10.2. The van der Waals surface area contributed by atoms with Crippen LogP contribution in [0.25, 0.3) is 16.6 Å². The van der Waals surface area contributed by atoms with E-state index in [2.05, 4.69) is 15.3 Å².